The maximum Gasteiger partial charge on any atom is 0.254 e. The molecular formula is C14H14ClNO2S. The quantitative estimate of drug-likeness (QED) is 0.844. The summed E-state index contributed by atoms with van der Waals surface area (Å²) >= 11 is 7.49. The van der Waals surface area contributed by atoms with Crippen LogP contribution in [0.1, 0.15) is 10.4 Å². The van der Waals surface area contributed by atoms with Crippen LogP contribution in [0, 0.1) is 0 Å². The lowest BCUT2D eigenvalue weighted by Crippen LogP contribution is -2.30. The predicted octanol–water partition coefficient (Wildman–Crippen LogP) is 3.55. The van der Waals surface area contributed by atoms with E-state index in [0.29, 0.717) is 29.5 Å². The fourth-order valence-electron chi connectivity index (χ4n) is 1.56. The van der Waals surface area contributed by atoms with Gasteiger partial charge >= 0.3 is 0 Å². The summed E-state index contributed by atoms with van der Waals surface area (Å²) in [6, 6.07) is 9.11. The van der Waals surface area contributed by atoms with Crippen LogP contribution in [0.3, 0.4) is 0 Å². The maximum atomic E-state index is 12.0. The number of hydrogen-bond donors (Lipinski definition) is 0. The minimum absolute atomic E-state index is 0.00371. The van der Waals surface area contributed by atoms with Crippen molar-refractivity contribution < 1.29 is 9.53 Å². The molecule has 3 nitrogen and oxygen atoms in total. The van der Waals surface area contributed by atoms with Crippen molar-refractivity contribution in [2.24, 2.45) is 0 Å². The zero-order chi connectivity index (χ0) is 13.7. The van der Waals surface area contributed by atoms with E-state index in [2.05, 4.69) is 0 Å². The molecule has 19 heavy (non-hydrogen) atoms. The summed E-state index contributed by atoms with van der Waals surface area (Å²) in [6.45, 7) is 0.927. The van der Waals surface area contributed by atoms with Crippen molar-refractivity contribution in [3.05, 3.63) is 51.7 Å². The Bertz CT molecular complexity index is 542. The van der Waals surface area contributed by atoms with Crippen LogP contribution in [0.15, 0.2) is 41.1 Å². The van der Waals surface area contributed by atoms with Gasteiger partial charge < -0.3 is 9.64 Å². The lowest BCUT2D eigenvalue weighted by atomic mass is 10.3. The van der Waals surface area contributed by atoms with Crippen LogP contribution in [0.25, 0.3) is 0 Å². The van der Waals surface area contributed by atoms with Crippen molar-refractivity contribution in [1.29, 1.82) is 0 Å². The van der Waals surface area contributed by atoms with E-state index in [1.165, 1.54) is 11.3 Å². The number of halogens is 1. The summed E-state index contributed by atoms with van der Waals surface area (Å²) in [5.74, 6) is 0.643. The summed E-state index contributed by atoms with van der Waals surface area (Å²) in [4.78, 5) is 13.6. The van der Waals surface area contributed by atoms with Crippen molar-refractivity contribution in [3.8, 4) is 5.75 Å². The molecule has 0 bridgehead atoms. The predicted molar refractivity (Wildman–Crippen MR) is 78.2 cm³/mol. The van der Waals surface area contributed by atoms with E-state index in [-0.39, 0.29) is 5.91 Å². The highest BCUT2D eigenvalue weighted by atomic mass is 35.5. The number of para-hydroxylation sites is 1. The number of likely N-dealkylation sites (N-methyl/N-ethyl adjacent to an activating group) is 1. The van der Waals surface area contributed by atoms with Gasteiger partial charge in [0.15, 0.2) is 0 Å². The summed E-state index contributed by atoms with van der Waals surface area (Å²) in [5.41, 5.74) is 0.713. The number of carbonyl (C=O) groups excluding carboxylic acids is 1. The van der Waals surface area contributed by atoms with Crippen molar-refractivity contribution in [2.75, 3.05) is 20.2 Å². The second-order valence-electron chi connectivity index (χ2n) is 4.02. The molecule has 100 valence electrons. The summed E-state index contributed by atoms with van der Waals surface area (Å²) in [7, 11) is 1.76. The second-order valence-corrected chi connectivity index (χ2v) is 5.20. The van der Waals surface area contributed by atoms with Gasteiger partial charge in [0.05, 0.1) is 17.1 Å². The molecule has 0 spiro atoms. The minimum Gasteiger partial charge on any atom is -0.490 e. The molecule has 0 aliphatic heterocycles. The molecule has 1 heterocycles. The van der Waals surface area contributed by atoms with Gasteiger partial charge in [0.2, 0.25) is 0 Å². The van der Waals surface area contributed by atoms with Gasteiger partial charge in [-0.05, 0) is 23.6 Å². The highest BCUT2D eigenvalue weighted by molar-refractivity contribution is 7.08. The normalized spacial score (nSPS) is 10.2. The molecule has 1 amide bonds. The van der Waals surface area contributed by atoms with E-state index in [0.717, 1.165) is 0 Å². The third-order valence-electron chi connectivity index (χ3n) is 2.64. The third kappa shape index (κ3) is 3.72. The Morgan fingerprint density at radius 2 is 2.16 bits per heavy atom. The third-order valence-corrected chi connectivity index (χ3v) is 3.63. The molecule has 0 radical (unpaired) electrons. The molecule has 0 saturated carbocycles. The average molecular weight is 296 g/mol. The molecule has 2 rings (SSSR count). The highest BCUT2D eigenvalue weighted by Gasteiger charge is 2.11. The van der Waals surface area contributed by atoms with E-state index < -0.39 is 0 Å². The fraction of sp³-hybridized carbons (Fsp3) is 0.214. The van der Waals surface area contributed by atoms with Crippen LogP contribution in [0.4, 0.5) is 0 Å². The Morgan fingerprint density at radius 1 is 1.37 bits per heavy atom. The molecule has 0 atom stereocenters. The average Bonchev–Trinajstić information content (AvgIpc) is 2.94. The molecule has 1 aromatic carbocycles. The first-order valence-electron chi connectivity index (χ1n) is 5.83. The van der Waals surface area contributed by atoms with E-state index in [9.17, 15) is 4.79 Å². The monoisotopic (exact) mass is 295 g/mol. The van der Waals surface area contributed by atoms with Crippen molar-refractivity contribution in [1.82, 2.24) is 4.90 Å². The van der Waals surface area contributed by atoms with Gasteiger partial charge in [-0.15, -0.1) is 0 Å². The van der Waals surface area contributed by atoms with E-state index in [1.54, 1.807) is 18.0 Å². The molecule has 5 heteroatoms. The van der Waals surface area contributed by atoms with Crippen LogP contribution in [-0.2, 0) is 0 Å². The summed E-state index contributed by atoms with van der Waals surface area (Å²) in [5, 5.41) is 4.31. The molecule has 0 aliphatic rings. The van der Waals surface area contributed by atoms with E-state index in [1.807, 2.05) is 35.0 Å². The van der Waals surface area contributed by atoms with Gasteiger partial charge in [0, 0.05) is 12.4 Å². The van der Waals surface area contributed by atoms with Crippen molar-refractivity contribution >= 4 is 28.8 Å². The van der Waals surface area contributed by atoms with E-state index in [4.69, 9.17) is 16.3 Å². The van der Waals surface area contributed by atoms with Gasteiger partial charge in [-0.3, -0.25) is 4.79 Å². The van der Waals surface area contributed by atoms with E-state index >= 15 is 0 Å². The number of amides is 1. The van der Waals surface area contributed by atoms with Crippen LogP contribution < -0.4 is 4.74 Å². The zero-order valence-electron chi connectivity index (χ0n) is 10.5. The Kier molecular flexibility index (Phi) is 4.82. The van der Waals surface area contributed by atoms with Crippen LogP contribution in [-0.4, -0.2) is 31.0 Å². The lowest BCUT2D eigenvalue weighted by molar-refractivity contribution is 0.0774. The fourth-order valence-corrected chi connectivity index (χ4v) is 2.38. The number of thiophene rings is 1. The van der Waals surface area contributed by atoms with Crippen molar-refractivity contribution in [3.63, 3.8) is 0 Å². The summed E-state index contributed by atoms with van der Waals surface area (Å²) < 4.78 is 5.55. The molecule has 0 saturated heterocycles. The number of carbonyl (C=O) groups is 1. The number of ether oxygens (including phenoxy) is 1. The van der Waals surface area contributed by atoms with Gasteiger partial charge in [-0.2, -0.15) is 11.3 Å². The molecule has 0 unspecified atom stereocenters. The van der Waals surface area contributed by atoms with Crippen LogP contribution >= 0.6 is 22.9 Å². The number of nitrogens with zero attached hydrogens (tertiary/aromatic N) is 1. The largest absolute Gasteiger partial charge is 0.490 e. The molecule has 0 N–H and O–H groups in total. The topological polar surface area (TPSA) is 29.5 Å². The first-order valence-corrected chi connectivity index (χ1v) is 7.15. The molecular weight excluding hydrogens is 282 g/mol. The number of rotatable bonds is 5. The Morgan fingerprint density at radius 3 is 2.84 bits per heavy atom. The van der Waals surface area contributed by atoms with Gasteiger partial charge in [-0.1, -0.05) is 23.7 Å². The minimum atomic E-state index is 0.00371. The lowest BCUT2D eigenvalue weighted by Gasteiger charge is -2.17. The smallest absolute Gasteiger partial charge is 0.254 e. The molecule has 0 fully saturated rings. The van der Waals surface area contributed by atoms with Gasteiger partial charge in [0.1, 0.15) is 12.4 Å². The summed E-state index contributed by atoms with van der Waals surface area (Å²) in [6.07, 6.45) is 0. The number of hydrogen-bond acceptors (Lipinski definition) is 3. The number of benzene rings is 1. The second kappa shape index (κ2) is 6.59. The van der Waals surface area contributed by atoms with Gasteiger partial charge in [0.25, 0.3) is 5.91 Å². The Labute approximate surface area is 121 Å². The zero-order valence-corrected chi connectivity index (χ0v) is 12.1. The highest BCUT2D eigenvalue weighted by Crippen LogP contribution is 2.22. The maximum absolute atomic E-state index is 12.0. The SMILES string of the molecule is CN(CCOc1ccccc1Cl)C(=O)c1ccsc1. The Balaban J connectivity index is 1.83. The molecule has 2 aromatic rings. The molecule has 1 aromatic heterocycles. The first-order chi connectivity index (χ1) is 9.18. The molecule has 0 aliphatic carbocycles. The van der Waals surface area contributed by atoms with Crippen LogP contribution in [0.2, 0.25) is 5.02 Å². The Hall–Kier alpha value is -1.52. The van der Waals surface area contributed by atoms with Crippen molar-refractivity contribution in [2.45, 2.75) is 0 Å². The standard InChI is InChI=1S/C14H14ClNO2S/c1-16(14(17)11-6-9-19-10-11)7-8-18-13-5-3-2-4-12(13)15/h2-6,9-10H,7-8H2,1H3. The van der Waals surface area contributed by atoms with Gasteiger partial charge in [-0.25, -0.2) is 0 Å². The first kappa shape index (κ1) is 13.9. The van der Waals surface area contributed by atoms with Crippen LogP contribution in [0.5, 0.6) is 5.75 Å².